The summed E-state index contributed by atoms with van der Waals surface area (Å²) < 4.78 is 26.0. The number of aliphatic hydroxyl groups excluding tert-OH is 1. The van der Waals surface area contributed by atoms with Gasteiger partial charge in [0.1, 0.15) is 0 Å². The maximum atomic E-state index is 13.1. The average molecular weight is 283 g/mol. The second kappa shape index (κ2) is 7.14. The van der Waals surface area contributed by atoms with Crippen molar-refractivity contribution >= 4 is 0 Å². The molecule has 0 radical (unpaired) electrons. The second-order valence-corrected chi connectivity index (χ2v) is 5.66. The molecule has 1 aliphatic carbocycles. The molecule has 112 valence electrons. The molecule has 1 saturated carbocycles. The van der Waals surface area contributed by atoms with Crippen molar-refractivity contribution in [2.45, 2.75) is 51.2 Å². The number of nitrogens with one attached hydrogen (secondary N) is 1. The topological polar surface area (TPSA) is 32.3 Å². The Hall–Kier alpha value is -1.00. The van der Waals surface area contributed by atoms with Crippen LogP contribution in [0.4, 0.5) is 8.78 Å². The zero-order valence-corrected chi connectivity index (χ0v) is 11.9. The predicted octanol–water partition coefficient (Wildman–Crippen LogP) is 3.56. The van der Waals surface area contributed by atoms with Crippen LogP contribution in [0.1, 0.15) is 50.7 Å². The van der Waals surface area contributed by atoms with Crippen molar-refractivity contribution in [2.24, 2.45) is 5.92 Å². The van der Waals surface area contributed by atoms with Crippen LogP contribution in [0.25, 0.3) is 0 Å². The van der Waals surface area contributed by atoms with Gasteiger partial charge in [0.25, 0.3) is 0 Å². The molecule has 0 spiro atoms. The monoisotopic (exact) mass is 283 g/mol. The van der Waals surface area contributed by atoms with E-state index in [4.69, 9.17) is 0 Å². The summed E-state index contributed by atoms with van der Waals surface area (Å²) in [7, 11) is 0. The lowest BCUT2D eigenvalue weighted by molar-refractivity contribution is 0.153. The highest BCUT2D eigenvalue weighted by Crippen LogP contribution is 2.27. The van der Waals surface area contributed by atoms with Crippen LogP contribution in [-0.4, -0.2) is 17.7 Å². The Morgan fingerprint density at radius 2 is 2.00 bits per heavy atom. The van der Waals surface area contributed by atoms with E-state index in [0.29, 0.717) is 24.1 Å². The van der Waals surface area contributed by atoms with Crippen LogP contribution in [0.3, 0.4) is 0 Å². The van der Waals surface area contributed by atoms with Gasteiger partial charge < -0.3 is 10.4 Å². The highest BCUT2D eigenvalue weighted by molar-refractivity contribution is 5.20. The van der Waals surface area contributed by atoms with E-state index in [1.165, 1.54) is 25.3 Å². The molecule has 0 heterocycles. The largest absolute Gasteiger partial charge is 0.387 e. The number of halogens is 2. The van der Waals surface area contributed by atoms with E-state index >= 15 is 0 Å². The zero-order valence-electron chi connectivity index (χ0n) is 11.9. The normalized spacial score (nSPS) is 24.6. The molecule has 0 aromatic heterocycles. The van der Waals surface area contributed by atoms with Crippen LogP contribution < -0.4 is 5.32 Å². The van der Waals surface area contributed by atoms with Gasteiger partial charge >= 0.3 is 0 Å². The Morgan fingerprint density at radius 3 is 2.70 bits per heavy atom. The van der Waals surface area contributed by atoms with E-state index in [-0.39, 0.29) is 0 Å². The quantitative estimate of drug-likeness (QED) is 0.866. The summed E-state index contributed by atoms with van der Waals surface area (Å²) in [6.07, 6.45) is 5.19. The maximum Gasteiger partial charge on any atom is 0.159 e. The van der Waals surface area contributed by atoms with E-state index in [0.717, 1.165) is 25.0 Å². The standard InChI is InChI=1S/C16H23F2NO/c1-2-11-5-3-4-6-15(11)19-10-16(20)12-7-8-13(17)14(18)9-12/h7-9,11,15-16,19-20H,2-6,10H2,1H3. The molecule has 2 N–H and O–H groups in total. The van der Waals surface area contributed by atoms with Crippen LogP contribution in [0, 0.1) is 17.6 Å². The van der Waals surface area contributed by atoms with Crippen molar-refractivity contribution < 1.29 is 13.9 Å². The molecular weight excluding hydrogens is 260 g/mol. The molecule has 0 amide bonds. The first-order valence-electron chi connectivity index (χ1n) is 7.48. The molecule has 4 heteroatoms. The van der Waals surface area contributed by atoms with E-state index in [1.54, 1.807) is 0 Å². The lowest BCUT2D eigenvalue weighted by Crippen LogP contribution is -2.40. The average Bonchev–Trinajstić information content (AvgIpc) is 2.47. The third kappa shape index (κ3) is 3.76. The highest BCUT2D eigenvalue weighted by atomic mass is 19.2. The van der Waals surface area contributed by atoms with Gasteiger partial charge in [-0.25, -0.2) is 8.78 Å². The van der Waals surface area contributed by atoms with Crippen molar-refractivity contribution in [2.75, 3.05) is 6.54 Å². The summed E-state index contributed by atoms with van der Waals surface area (Å²) in [5, 5.41) is 13.5. The van der Waals surface area contributed by atoms with Gasteiger partial charge in [-0.05, 0) is 36.5 Å². The summed E-state index contributed by atoms with van der Waals surface area (Å²) in [5.74, 6) is -1.14. The van der Waals surface area contributed by atoms with Gasteiger partial charge in [0, 0.05) is 12.6 Å². The summed E-state index contributed by atoms with van der Waals surface area (Å²) in [6.45, 7) is 2.57. The van der Waals surface area contributed by atoms with E-state index in [2.05, 4.69) is 12.2 Å². The second-order valence-electron chi connectivity index (χ2n) is 5.66. The van der Waals surface area contributed by atoms with Crippen molar-refractivity contribution in [3.63, 3.8) is 0 Å². The molecule has 2 nitrogen and oxygen atoms in total. The molecule has 3 unspecified atom stereocenters. The Bertz CT molecular complexity index is 438. The number of aliphatic hydroxyl groups is 1. The fraction of sp³-hybridized carbons (Fsp3) is 0.625. The summed E-state index contributed by atoms with van der Waals surface area (Å²) in [4.78, 5) is 0. The molecule has 0 aliphatic heterocycles. The minimum Gasteiger partial charge on any atom is -0.387 e. The van der Waals surface area contributed by atoms with E-state index < -0.39 is 17.7 Å². The van der Waals surface area contributed by atoms with Crippen LogP contribution in [-0.2, 0) is 0 Å². The highest BCUT2D eigenvalue weighted by Gasteiger charge is 2.24. The third-order valence-corrected chi connectivity index (χ3v) is 4.34. The Labute approximate surface area is 119 Å². The minimum absolute atomic E-state index is 0.381. The van der Waals surface area contributed by atoms with Gasteiger partial charge in [0.2, 0.25) is 0 Å². The number of hydrogen-bond acceptors (Lipinski definition) is 2. The first-order chi connectivity index (χ1) is 9.61. The smallest absolute Gasteiger partial charge is 0.159 e. The van der Waals surface area contributed by atoms with Crippen molar-refractivity contribution in [3.05, 3.63) is 35.4 Å². The Kier molecular flexibility index (Phi) is 5.49. The first-order valence-corrected chi connectivity index (χ1v) is 7.48. The Balaban J connectivity index is 1.90. The summed E-state index contributed by atoms with van der Waals surface area (Å²) in [6, 6.07) is 3.99. The maximum absolute atomic E-state index is 13.1. The molecule has 1 fully saturated rings. The number of benzene rings is 1. The fourth-order valence-corrected chi connectivity index (χ4v) is 3.07. The fourth-order valence-electron chi connectivity index (χ4n) is 3.07. The number of hydrogen-bond donors (Lipinski definition) is 2. The van der Waals surface area contributed by atoms with Gasteiger partial charge in [-0.3, -0.25) is 0 Å². The van der Waals surface area contributed by atoms with Gasteiger partial charge in [-0.15, -0.1) is 0 Å². The van der Waals surface area contributed by atoms with Gasteiger partial charge in [0.05, 0.1) is 6.10 Å². The van der Waals surface area contributed by atoms with Crippen LogP contribution >= 0.6 is 0 Å². The molecule has 1 aliphatic rings. The summed E-state index contributed by atoms with van der Waals surface area (Å²) in [5.41, 5.74) is 0.417. The van der Waals surface area contributed by atoms with E-state index in [1.807, 2.05) is 0 Å². The third-order valence-electron chi connectivity index (χ3n) is 4.34. The zero-order chi connectivity index (χ0) is 14.5. The molecular formula is C16H23F2NO. The molecule has 1 aromatic carbocycles. The van der Waals surface area contributed by atoms with Crippen LogP contribution in [0.2, 0.25) is 0 Å². The lowest BCUT2D eigenvalue weighted by atomic mass is 9.83. The lowest BCUT2D eigenvalue weighted by Gasteiger charge is -2.32. The van der Waals surface area contributed by atoms with Crippen molar-refractivity contribution in [3.8, 4) is 0 Å². The SMILES string of the molecule is CCC1CCCCC1NCC(O)c1ccc(F)c(F)c1. The van der Waals surface area contributed by atoms with Gasteiger partial charge in [0.15, 0.2) is 11.6 Å². The summed E-state index contributed by atoms with van der Waals surface area (Å²) >= 11 is 0. The first kappa shape index (κ1) is 15.4. The molecule has 1 aromatic rings. The molecule has 0 saturated heterocycles. The molecule has 2 rings (SSSR count). The van der Waals surface area contributed by atoms with Crippen LogP contribution in [0.15, 0.2) is 18.2 Å². The molecule has 3 atom stereocenters. The minimum atomic E-state index is -0.911. The van der Waals surface area contributed by atoms with E-state index in [9.17, 15) is 13.9 Å². The van der Waals surface area contributed by atoms with Gasteiger partial charge in [-0.2, -0.15) is 0 Å². The molecule has 0 bridgehead atoms. The van der Waals surface area contributed by atoms with Crippen molar-refractivity contribution in [1.82, 2.24) is 5.32 Å². The van der Waals surface area contributed by atoms with Crippen molar-refractivity contribution in [1.29, 1.82) is 0 Å². The van der Waals surface area contributed by atoms with Crippen LogP contribution in [0.5, 0.6) is 0 Å². The predicted molar refractivity (Wildman–Crippen MR) is 75.4 cm³/mol. The Morgan fingerprint density at radius 1 is 1.25 bits per heavy atom. The molecule has 20 heavy (non-hydrogen) atoms. The van der Waals surface area contributed by atoms with Gasteiger partial charge in [-0.1, -0.05) is 32.3 Å². The number of rotatable bonds is 5.